The molecule has 0 heterocycles. The number of aliphatic carboxylic acids is 1. The Morgan fingerprint density at radius 2 is 2.11 bits per heavy atom. The molecule has 0 aliphatic heterocycles. The number of benzene rings is 1. The van der Waals surface area contributed by atoms with Crippen molar-refractivity contribution in [2.45, 2.75) is 6.92 Å². The minimum atomic E-state index is -1.28. The summed E-state index contributed by atoms with van der Waals surface area (Å²) in [5.41, 5.74) is -0.186. The van der Waals surface area contributed by atoms with E-state index in [9.17, 15) is 19.7 Å². The highest BCUT2D eigenvalue weighted by molar-refractivity contribution is 6.04. The molecule has 19 heavy (non-hydrogen) atoms. The Bertz CT molecular complexity index is 528. The largest absolute Gasteiger partial charge is 0.490 e. The highest BCUT2D eigenvalue weighted by atomic mass is 16.6. The lowest BCUT2D eigenvalue weighted by Gasteiger charge is -2.09. The lowest BCUT2D eigenvalue weighted by molar-refractivity contribution is -0.385. The lowest BCUT2D eigenvalue weighted by Crippen LogP contribution is -2.26. The maximum absolute atomic E-state index is 11.5. The van der Waals surface area contributed by atoms with E-state index in [0.717, 1.165) is 6.07 Å². The van der Waals surface area contributed by atoms with Gasteiger partial charge in [-0.2, -0.15) is 0 Å². The number of ether oxygens (including phenoxy) is 1. The summed E-state index contributed by atoms with van der Waals surface area (Å²) in [6, 6.07) is 3.81. The van der Waals surface area contributed by atoms with Gasteiger partial charge in [-0.25, -0.2) is 0 Å². The second-order valence-corrected chi connectivity index (χ2v) is 3.69. The Morgan fingerprint density at radius 3 is 2.58 bits per heavy atom. The van der Waals surface area contributed by atoms with Gasteiger partial charge in [0.1, 0.15) is 5.92 Å². The third-order valence-electron chi connectivity index (χ3n) is 2.41. The Balaban J connectivity index is 2.97. The van der Waals surface area contributed by atoms with Gasteiger partial charge < -0.3 is 15.2 Å². The zero-order valence-electron chi connectivity index (χ0n) is 10.2. The number of carboxylic acids is 1. The summed E-state index contributed by atoms with van der Waals surface area (Å²) < 4.78 is 4.80. The average molecular weight is 268 g/mol. The van der Waals surface area contributed by atoms with Crippen molar-refractivity contribution in [1.29, 1.82) is 0 Å². The predicted octanol–water partition coefficient (Wildman–Crippen LogP) is 1.26. The summed E-state index contributed by atoms with van der Waals surface area (Å²) in [6.07, 6.45) is 0. The SMILES string of the molecule is COc1ccc(NC(=O)C(C)C(=O)O)cc1[N+](=O)[O-]. The van der Waals surface area contributed by atoms with E-state index in [2.05, 4.69) is 5.32 Å². The molecular weight excluding hydrogens is 256 g/mol. The van der Waals surface area contributed by atoms with Crippen molar-refractivity contribution in [3.8, 4) is 5.75 Å². The number of hydrogen-bond acceptors (Lipinski definition) is 5. The number of nitro groups is 1. The molecule has 0 saturated heterocycles. The van der Waals surface area contributed by atoms with Crippen LogP contribution in [0.5, 0.6) is 5.75 Å². The van der Waals surface area contributed by atoms with Crippen LogP contribution in [0.15, 0.2) is 18.2 Å². The molecule has 102 valence electrons. The van der Waals surface area contributed by atoms with Crippen LogP contribution in [0, 0.1) is 16.0 Å². The van der Waals surface area contributed by atoms with Crippen molar-refractivity contribution in [2.75, 3.05) is 12.4 Å². The van der Waals surface area contributed by atoms with E-state index in [1.165, 1.54) is 26.2 Å². The van der Waals surface area contributed by atoms with Crippen molar-refractivity contribution < 1.29 is 24.4 Å². The zero-order valence-corrected chi connectivity index (χ0v) is 10.2. The summed E-state index contributed by atoms with van der Waals surface area (Å²) in [6.45, 7) is 1.22. The number of hydrogen-bond donors (Lipinski definition) is 2. The molecule has 1 rings (SSSR count). The summed E-state index contributed by atoms with van der Waals surface area (Å²) >= 11 is 0. The van der Waals surface area contributed by atoms with Gasteiger partial charge in [0.15, 0.2) is 5.75 Å². The molecule has 1 amide bonds. The Hall–Kier alpha value is -2.64. The number of methoxy groups -OCH3 is 1. The molecule has 2 N–H and O–H groups in total. The smallest absolute Gasteiger partial charge is 0.315 e. The van der Waals surface area contributed by atoms with Gasteiger partial charge >= 0.3 is 11.7 Å². The molecule has 0 radical (unpaired) electrons. The molecule has 0 aliphatic rings. The topological polar surface area (TPSA) is 119 Å². The number of nitrogens with one attached hydrogen (secondary N) is 1. The van der Waals surface area contributed by atoms with Gasteiger partial charge in [-0.05, 0) is 19.1 Å². The second-order valence-electron chi connectivity index (χ2n) is 3.69. The minimum Gasteiger partial charge on any atom is -0.490 e. The van der Waals surface area contributed by atoms with Crippen LogP contribution in [0.1, 0.15) is 6.92 Å². The number of anilines is 1. The highest BCUT2D eigenvalue weighted by Crippen LogP contribution is 2.29. The van der Waals surface area contributed by atoms with Crippen LogP contribution in [0.3, 0.4) is 0 Å². The monoisotopic (exact) mass is 268 g/mol. The van der Waals surface area contributed by atoms with Gasteiger partial charge in [0.25, 0.3) is 0 Å². The van der Waals surface area contributed by atoms with Gasteiger partial charge in [0.05, 0.1) is 12.0 Å². The fourth-order valence-electron chi connectivity index (χ4n) is 1.27. The van der Waals surface area contributed by atoms with Crippen LogP contribution >= 0.6 is 0 Å². The first-order chi connectivity index (χ1) is 8.86. The van der Waals surface area contributed by atoms with Crippen molar-refractivity contribution in [2.24, 2.45) is 5.92 Å². The summed E-state index contributed by atoms with van der Waals surface area (Å²) in [7, 11) is 1.28. The molecule has 8 nitrogen and oxygen atoms in total. The summed E-state index contributed by atoms with van der Waals surface area (Å²) in [4.78, 5) is 32.2. The van der Waals surface area contributed by atoms with Crippen LogP contribution in [-0.4, -0.2) is 29.0 Å². The van der Waals surface area contributed by atoms with Crippen LogP contribution in [-0.2, 0) is 9.59 Å². The number of carbonyl (C=O) groups excluding carboxylic acids is 1. The highest BCUT2D eigenvalue weighted by Gasteiger charge is 2.22. The number of amides is 1. The van der Waals surface area contributed by atoms with Crippen molar-refractivity contribution in [1.82, 2.24) is 0 Å². The molecule has 1 aromatic carbocycles. The van der Waals surface area contributed by atoms with Crippen LogP contribution in [0.25, 0.3) is 0 Å². The summed E-state index contributed by atoms with van der Waals surface area (Å²) in [5.74, 6) is -3.23. The van der Waals surface area contributed by atoms with Crippen molar-refractivity contribution in [3.63, 3.8) is 0 Å². The molecule has 0 fully saturated rings. The zero-order chi connectivity index (χ0) is 14.6. The van der Waals surface area contributed by atoms with E-state index in [4.69, 9.17) is 9.84 Å². The summed E-state index contributed by atoms with van der Waals surface area (Å²) in [5, 5.41) is 21.7. The maximum atomic E-state index is 11.5. The molecule has 0 spiro atoms. The lowest BCUT2D eigenvalue weighted by atomic mass is 10.1. The number of carbonyl (C=O) groups is 2. The average Bonchev–Trinajstić information content (AvgIpc) is 2.37. The van der Waals surface area contributed by atoms with E-state index < -0.39 is 22.7 Å². The van der Waals surface area contributed by atoms with Crippen LogP contribution in [0.2, 0.25) is 0 Å². The first kappa shape index (κ1) is 14.4. The Morgan fingerprint density at radius 1 is 1.47 bits per heavy atom. The predicted molar refractivity (Wildman–Crippen MR) is 65.1 cm³/mol. The second kappa shape index (κ2) is 5.80. The molecule has 0 aliphatic carbocycles. The molecule has 1 unspecified atom stereocenters. The van der Waals surface area contributed by atoms with E-state index in [1.54, 1.807) is 0 Å². The molecule has 1 atom stereocenters. The van der Waals surface area contributed by atoms with Gasteiger partial charge in [-0.1, -0.05) is 0 Å². The normalized spacial score (nSPS) is 11.5. The maximum Gasteiger partial charge on any atom is 0.315 e. The van der Waals surface area contributed by atoms with Crippen molar-refractivity contribution >= 4 is 23.3 Å². The minimum absolute atomic E-state index is 0.0503. The van der Waals surface area contributed by atoms with E-state index in [1.807, 2.05) is 0 Å². The third kappa shape index (κ3) is 3.41. The molecule has 8 heteroatoms. The van der Waals surface area contributed by atoms with Crippen molar-refractivity contribution in [3.05, 3.63) is 28.3 Å². The van der Waals surface area contributed by atoms with Crippen LogP contribution < -0.4 is 10.1 Å². The van der Waals surface area contributed by atoms with Crippen LogP contribution in [0.4, 0.5) is 11.4 Å². The molecule has 0 aromatic heterocycles. The fourth-order valence-corrected chi connectivity index (χ4v) is 1.27. The standard InChI is InChI=1S/C11H12N2O6/c1-6(11(15)16)10(14)12-7-3-4-9(19-2)8(5-7)13(17)18/h3-6H,1-2H3,(H,12,14)(H,15,16). The number of carboxylic acid groups (broad SMARTS) is 1. The molecule has 0 saturated carbocycles. The number of nitrogens with zero attached hydrogens (tertiary/aromatic N) is 1. The van der Waals surface area contributed by atoms with E-state index >= 15 is 0 Å². The van der Waals surface area contributed by atoms with E-state index in [-0.39, 0.29) is 17.1 Å². The molecular formula is C11H12N2O6. The Labute approximate surface area is 108 Å². The van der Waals surface area contributed by atoms with E-state index in [0.29, 0.717) is 0 Å². The van der Waals surface area contributed by atoms with Gasteiger partial charge in [-0.15, -0.1) is 0 Å². The first-order valence-corrected chi connectivity index (χ1v) is 5.23. The molecule has 1 aromatic rings. The Kier molecular flexibility index (Phi) is 4.41. The third-order valence-corrected chi connectivity index (χ3v) is 2.41. The van der Waals surface area contributed by atoms with Gasteiger partial charge in [-0.3, -0.25) is 19.7 Å². The number of rotatable bonds is 5. The molecule has 0 bridgehead atoms. The quantitative estimate of drug-likeness (QED) is 0.471. The van der Waals surface area contributed by atoms with Gasteiger partial charge in [0, 0.05) is 11.8 Å². The fraction of sp³-hybridized carbons (Fsp3) is 0.273. The van der Waals surface area contributed by atoms with Gasteiger partial charge in [0.2, 0.25) is 5.91 Å². The number of nitro benzene ring substituents is 1. The first-order valence-electron chi connectivity index (χ1n) is 5.23.